The second-order valence-electron chi connectivity index (χ2n) is 4.41. The summed E-state index contributed by atoms with van der Waals surface area (Å²) in [6, 6.07) is 0.835. The topological polar surface area (TPSA) is 58.6 Å². The van der Waals surface area contributed by atoms with Gasteiger partial charge < -0.3 is 10.1 Å². The highest BCUT2D eigenvalue weighted by Crippen LogP contribution is 2.29. The summed E-state index contributed by atoms with van der Waals surface area (Å²) in [5.74, 6) is -1.38. The van der Waals surface area contributed by atoms with Gasteiger partial charge >= 0.3 is 11.9 Å². The van der Waals surface area contributed by atoms with E-state index in [1.165, 1.54) is 12.8 Å². The second-order valence-corrected chi connectivity index (χ2v) is 4.41. The van der Waals surface area contributed by atoms with Gasteiger partial charge in [0.1, 0.15) is 0 Å². The second kappa shape index (κ2) is 4.82. The summed E-state index contributed by atoms with van der Waals surface area (Å²) in [7, 11) is 0. The van der Waals surface area contributed by atoms with Crippen LogP contribution in [0.15, 0.2) is 0 Å². The van der Waals surface area contributed by atoms with Gasteiger partial charge in [-0.3, -0.25) is 9.69 Å². The highest BCUT2D eigenvalue weighted by Gasteiger charge is 2.35. The van der Waals surface area contributed by atoms with Gasteiger partial charge in [-0.15, -0.1) is 0 Å². The molecular weight excluding hydrogens is 208 g/mol. The quantitative estimate of drug-likeness (QED) is 0.539. The summed E-state index contributed by atoms with van der Waals surface area (Å²) in [5.41, 5.74) is 0. The monoisotopic (exact) mass is 226 g/mol. The van der Waals surface area contributed by atoms with Crippen molar-refractivity contribution in [2.75, 3.05) is 19.7 Å². The maximum Gasteiger partial charge on any atom is 0.396 e. The fourth-order valence-corrected chi connectivity index (χ4v) is 2.12. The molecule has 5 heteroatoms. The summed E-state index contributed by atoms with van der Waals surface area (Å²) < 4.78 is 4.64. The van der Waals surface area contributed by atoms with E-state index in [0.717, 1.165) is 25.6 Å². The Morgan fingerprint density at radius 2 is 2.12 bits per heavy atom. The number of likely N-dealkylation sites (tertiary alicyclic amines) is 1. The number of carbonyl (C=O) groups excluding carboxylic acids is 2. The van der Waals surface area contributed by atoms with Crippen molar-refractivity contribution in [1.29, 1.82) is 0 Å². The summed E-state index contributed by atoms with van der Waals surface area (Å²) in [6.45, 7) is 3.83. The van der Waals surface area contributed by atoms with E-state index in [1.807, 2.05) is 0 Å². The van der Waals surface area contributed by atoms with Gasteiger partial charge in [0, 0.05) is 25.2 Å². The minimum Gasteiger partial charge on any atom is -0.459 e. The molecule has 0 spiro atoms. The Kier molecular flexibility index (Phi) is 3.43. The maximum absolute atomic E-state index is 11.4. The van der Waals surface area contributed by atoms with Crippen LogP contribution in [0.2, 0.25) is 0 Å². The van der Waals surface area contributed by atoms with E-state index in [4.69, 9.17) is 0 Å². The minimum absolute atomic E-state index is 0.109. The van der Waals surface area contributed by atoms with E-state index < -0.39 is 11.9 Å². The highest BCUT2D eigenvalue weighted by atomic mass is 16.5. The minimum atomic E-state index is -0.771. The van der Waals surface area contributed by atoms with Crippen molar-refractivity contribution in [3.63, 3.8) is 0 Å². The first-order chi connectivity index (χ1) is 7.70. The number of carbonyl (C=O) groups is 2. The van der Waals surface area contributed by atoms with E-state index >= 15 is 0 Å². The predicted octanol–water partition coefficient (Wildman–Crippen LogP) is -0.0976. The number of nitrogens with zero attached hydrogens (tertiary/aromatic N) is 1. The lowest BCUT2D eigenvalue weighted by Gasteiger charge is -2.15. The van der Waals surface area contributed by atoms with E-state index in [2.05, 4.69) is 15.0 Å². The largest absolute Gasteiger partial charge is 0.459 e. The molecule has 1 unspecified atom stereocenters. The Bertz CT molecular complexity index is 289. The molecule has 16 heavy (non-hydrogen) atoms. The molecule has 1 amide bonds. The first-order valence-corrected chi connectivity index (χ1v) is 5.92. The van der Waals surface area contributed by atoms with E-state index in [9.17, 15) is 9.59 Å². The van der Waals surface area contributed by atoms with Crippen LogP contribution in [0.5, 0.6) is 0 Å². The van der Waals surface area contributed by atoms with Crippen LogP contribution in [0.25, 0.3) is 0 Å². The molecule has 0 aromatic rings. The Hall–Kier alpha value is -1.10. The molecule has 1 saturated heterocycles. The molecule has 0 aromatic heterocycles. The van der Waals surface area contributed by atoms with E-state index in [-0.39, 0.29) is 12.6 Å². The van der Waals surface area contributed by atoms with Gasteiger partial charge in [0.15, 0.2) is 0 Å². The van der Waals surface area contributed by atoms with Crippen LogP contribution in [0.1, 0.15) is 26.2 Å². The van der Waals surface area contributed by atoms with Crippen LogP contribution in [-0.4, -0.2) is 48.6 Å². The average Bonchev–Trinajstić information content (AvgIpc) is 3.01. The third-order valence-corrected chi connectivity index (χ3v) is 3.08. The Balaban J connectivity index is 1.73. The molecule has 1 N–H and O–H groups in total. The van der Waals surface area contributed by atoms with E-state index in [1.54, 1.807) is 6.92 Å². The van der Waals surface area contributed by atoms with Gasteiger partial charge in [-0.05, 0) is 26.2 Å². The zero-order chi connectivity index (χ0) is 11.5. The van der Waals surface area contributed by atoms with Gasteiger partial charge in [0.25, 0.3) is 0 Å². The van der Waals surface area contributed by atoms with Crippen molar-refractivity contribution < 1.29 is 14.3 Å². The van der Waals surface area contributed by atoms with Gasteiger partial charge in [-0.2, -0.15) is 0 Å². The van der Waals surface area contributed by atoms with E-state index in [0.29, 0.717) is 0 Å². The number of hydrogen-bond acceptors (Lipinski definition) is 4. The summed E-state index contributed by atoms with van der Waals surface area (Å²) in [5, 5.41) is 2.72. The summed E-state index contributed by atoms with van der Waals surface area (Å²) in [4.78, 5) is 24.9. The molecule has 1 aliphatic carbocycles. The number of hydrogen-bond donors (Lipinski definition) is 1. The standard InChI is InChI=1S/C11H18N2O3/c1-2-16-11(15)10(14)12-8-5-6-13(7-8)9-3-4-9/h8-9H,2-7H2,1H3,(H,12,14). The van der Waals surface area contributed by atoms with Crippen LogP contribution < -0.4 is 5.32 Å². The SMILES string of the molecule is CCOC(=O)C(=O)NC1CCN(C2CC2)C1. The Labute approximate surface area is 95.1 Å². The third kappa shape index (κ3) is 2.72. The van der Waals surface area contributed by atoms with Gasteiger partial charge in [-0.25, -0.2) is 4.79 Å². The van der Waals surface area contributed by atoms with Crippen molar-refractivity contribution in [3.05, 3.63) is 0 Å². The molecule has 90 valence electrons. The first kappa shape index (κ1) is 11.4. The molecule has 2 rings (SSSR count). The zero-order valence-corrected chi connectivity index (χ0v) is 9.57. The van der Waals surface area contributed by atoms with Crippen molar-refractivity contribution in [3.8, 4) is 0 Å². The predicted molar refractivity (Wildman–Crippen MR) is 57.8 cm³/mol. The lowest BCUT2D eigenvalue weighted by atomic mass is 10.2. The van der Waals surface area contributed by atoms with Crippen molar-refractivity contribution >= 4 is 11.9 Å². The molecule has 1 saturated carbocycles. The van der Waals surface area contributed by atoms with Crippen molar-refractivity contribution in [2.24, 2.45) is 0 Å². The molecule has 2 fully saturated rings. The van der Waals surface area contributed by atoms with Gasteiger partial charge in [0.05, 0.1) is 6.61 Å². The first-order valence-electron chi connectivity index (χ1n) is 5.92. The average molecular weight is 226 g/mol. The summed E-state index contributed by atoms with van der Waals surface area (Å²) in [6.07, 6.45) is 3.48. The lowest BCUT2D eigenvalue weighted by Crippen LogP contribution is -2.41. The fraction of sp³-hybridized carbons (Fsp3) is 0.818. The van der Waals surface area contributed by atoms with Crippen LogP contribution in [-0.2, 0) is 14.3 Å². The van der Waals surface area contributed by atoms with Crippen molar-refractivity contribution in [1.82, 2.24) is 10.2 Å². The molecule has 5 nitrogen and oxygen atoms in total. The number of esters is 1. The van der Waals surface area contributed by atoms with Crippen LogP contribution in [0, 0.1) is 0 Å². The smallest absolute Gasteiger partial charge is 0.396 e. The number of rotatable bonds is 3. The van der Waals surface area contributed by atoms with Crippen molar-refractivity contribution in [2.45, 2.75) is 38.3 Å². The van der Waals surface area contributed by atoms with Crippen LogP contribution in [0.4, 0.5) is 0 Å². The molecule has 1 heterocycles. The Morgan fingerprint density at radius 1 is 1.38 bits per heavy atom. The van der Waals surface area contributed by atoms with Gasteiger partial charge in [0.2, 0.25) is 0 Å². The Morgan fingerprint density at radius 3 is 2.75 bits per heavy atom. The number of ether oxygens (including phenoxy) is 1. The lowest BCUT2D eigenvalue weighted by molar-refractivity contribution is -0.154. The van der Waals surface area contributed by atoms with Crippen LogP contribution in [0.3, 0.4) is 0 Å². The highest BCUT2D eigenvalue weighted by molar-refractivity contribution is 6.32. The number of nitrogens with one attached hydrogen (secondary N) is 1. The molecular formula is C11H18N2O3. The maximum atomic E-state index is 11.4. The molecule has 0 bridgehead atoms. The molecule has 1 aliphatic heterocycles. The number of amides is 1. The molecule has 2 aliphatic rings. The van der Waals surface area contributed by atoms with Gasteiger partial charge in [-0.1, -0.05) is 0 Å². The van der Waals surface area contributed by atoms with Crippen LogP contribution >= 0.6 is 0 Å². The summed E-state index contributed by atoms with van der Waals surface area (Å²) >= 11 is 0. The molecule has 0 radical (unpaired) electrons. The molecule has 1 atom stereocenters. The third-order valence-electron chi connectivity index (χ3n) is 3.08. The fourth-order valence-electron chi connectivity index (χ4n) is 2.12. The zero-order valence-electron chi connectivity index (χ0n) is 9.57. The molecule has 0 aromatic carbocycles. The normalized spacial score (nSPS) is 25.4.